The van der Waals surface area contributed by atoms with Gasteiger partial charge in [0.15, 0.2) is 6.10 Å². The van der Waals surface area contributed by atoms with Crippen LogP contribution in [0.3, 0.4) is 0 Å². The summed E-state index contributed by atoms with van der Waals surface area (Å²) < 4.78 is 5.38. The third-order valence-electron chi connectivity index (χ3n) is 4.36. The highest BCUT2D eigenvalue weighted by molar-refractivity contribution is 5.75. The molecule has 0 radical (unpaired) electrons. The summed E-state index contributed by atoms with van der Waals surface area (Å²) in [5, 5.41) is 11.8. The molecule has 0 spiro atoms. The van der Waals surface area contributed by atoms with Crippen LogP contribution in [-0.2, 0) is 9.53 Å². The van der Waals surface area contributed by atoms with Gasteiger partial charge < -0.3 is 20.1 Å². The molecule has 0 aromatic carbocycles. The highest BCUT2D eigenvalue weighted by Gasteiger charge is 2.34. The average Bonchev–Trinajstić information content (AvgIpc) is 3.02. The number of nitrogens with one attached hydrogen (secondary N) is 1. The molecular formula is C14H24N2O4. The fourth-order valence-electron chi connectivity index (χ4n) is 3.17. The molecule has 6 nitrogen and oxygen atoms in total. The fourth-order valence-corrected chi connectivity index (χ4v) is 3.17. The van der Waals surface area contributed by atoms with Crippen molar-refractivity contribution in [3.8, 4) is 0 Å². The number of aliphatic carboxylic acids is 1. The lowest BCUT2D eigenvalue weighted by molar-refractivity contribution is -0.149. The number of ether oxygens (including phenoxy) is 1. The van der Waals surface area contributed by atoms with Crippen molar-refractivity contribution in [2.45, 2.75) is 70.2 Å². The number of likely N-dealkylation sites (tertiary alicyclic amines) is 1. The number of hydrogen-bond donors (Lipinski definition) is 2. The number of hydrogen-bond acceptors (Lipinski definition) is 3. The van der Waals surface area contributed by atoms with Gasteiger partial charge in [-0.1, -0.05) is 6.92 Å². The van der Waals surface area contributed by atoms with E-state index in [1.165, 1.54) is 0 Å². The van der Waals surface area contributed by atoms with Gasteiger partial charge in [-0.2, -0.15) is 0 Å². The summed E-state index contributed by atoms with van der Waals surface area (Å²) in [6, 6.07) is 0.543. The molecule has 0 saturated carbocycles. The molecule has 114 valence electrons. The summed E-state index contributed by atoms with van der Waals surface area (Å²) in [6.07, 6.45) is 3.39. The Hall–Kier alpha value is -1.30. The van der Waals surface area contributed by atoms with E-state index in [1.807, 2.05) is 4.90 Å². The van der Waals surface area contributed by atoms with Crippen LogP contribution < -0.4 is 5.32 Å². The quantitative estimate of drug-likeness (QED) is 0.821. The maximum atomic E-state index is 12.2. The monoisotopic (exact) mass is 284 g/mol. The van der Waals surface area contributed by atoms with Crippen LogP contribution in [0.2, 0.25) is 0 Å². The second-order valence-electron chi connectivity index (χ2n) is 5.74. The average molecular weight is 284 g/mol. The molecule has 2 heterocycles. The van der Waals surface area contributed by atoms with Gasteiger partial charge in [0, 0.05) is 18.6 Å². The first-order chi connectivity index (χ1) is 9.52. The van der Waals surface area contributed by atoms with Crippen LogP contribution in [0.5, 0.6) is 0 Å². The lowest BCUT2D eigenvalue weighted by Crippen LogP contribution is -2.47. The second kappa shape index (κ2) is 6.43. The van der Waals surface area contributed by atoms with Crippen LogP contribution >= 0.6 is 0 Å². The summed E-state index contributed by atoms with van der Waals surface area (Å²) in [4.78, 5) is 25.0. The molecule has 2 aliphatic heterocycles. The number of urea groups is 1. The summed E-state index contributed by atoms with van der Waals surface area (Å²) in [6.45, 7) is 4.56. The fraction of sp³-hybridized carbons (Fsp3) is 0.857. The number of amides is 2. The first kappa shape index (κ1) is 15.1. The van der Waals surface area contributed by atoms with Crippen LogP contribution in [0.1, 0.15) is 46.0 Å². The SMILES string of the molecule is CCC1CCC(C)N1C(=O)NCC1CCC(C(=O)O)O1. The molecule has 20 heavy (non-hydrogen) atoms. The van der Waals surface area contributed by atoms with Gasteiger partial charge in [-0.25, -0.2) is 9.59 Å². The van der Waals surface area contributed by atoms with Crippen molar-refractivity contribution in [3.63, 3.8) is 0 Å². The number of carbonyl (C=O) groups is 2. The Morgan fingerprint density at radius 3 is 2.65 bits per heavy atom. The van der Waals surface area contributed by atoms with Gasteiger partial charge in [-0.05, 0) is 39.0 Å². The molecule has 2 fully saturated rings. The number of carbonyl (C=O) groups excluding carboxylic acids is 1. The normalized spacial score (nSPS) is 33.4. The molecular weight excluding hydrogens is 260 g/mol. The predicted molar refractivity (Wildman–Crippen MR) is 73.5 cm³/mol. The Balaban J connectivity index is 1.79. The van der Waals surface area contributed by atoms with Crippen LogP contribution in [0.15, 0.2) is 0 Å². The summed E-state index contributed by atoms with van der Waals surface area (Å²) in [7, 11) is 0. The molecule has 4 atom stereocenters. The predicted octanol–water partition coefficient (Wildman–Crippen LogP) is 1.59. The minimum Gasteiger partial charge on any atom is -0.479 e. The molecule has 2 saturated heterocycles. The molecule has 2 aliphatic rings. The van der Waals surface area contributed by atoms with E-state index in [2.05, 4.69) is 19.2 Å². The van der Waals surface area contributed by atoms with Crippen molar-refractivity contribution in [3.05, 3.63) is 0 Å². The Morgan fingerprint density at radius 1 is 1.30 bits per heavy atom. The lowest BCUT2D eigenvalue weighted by Gasteiger charge is -2.28. The Labute approximate surface area is 119 Å². The maximum absolute atomic E-state index is 12.2. The van der Waals surface area contributed by atoms with Gasteiger partial charge >= 0.3 is 12.0 Å². The molecule has 2 rings (SSSR count). The molecule has 0 aromatic heterocycles. The zero-order valence-electron chi connectivity index (χ0n) is 12.2. The summed E-state index contributed by atoms with van der Waals surface area (Å²) in [5.41, 5.74) is 0. The van der Waals surface area contributed by atoms with Crippen molar-refractivity contribution in [1.82, 2.24) is 10.2 Å². The van der Waals surface area contributed by atoms with Gasteiger partial charge in [0.2, 0.25) is 0 Å². The smallest absolute Gasteiger partial charge is 0.332 e. The molecule has 4 unspecified atom stereocenters. The van der Waals surface area contributed by atoms with Gasteiger partial charge in [0.1, 0.15) is 0 Å². The van der Waals surface area contributed by atoms with E-state index in [4.69, 9.17) is 9.84 Å². The number of carboxylic acid groups (broad SMARTS) is 1. The van der Waals surface area contributed by atoms with Crippen molar-refractivity contribution in [2.75, 3.05) is 6.54 Å². The van der Waals surface area contributed by atoms with Crippen molar-refractivity contribution < 1.29 is 19.4 Å². The number of rotatable bonds is 4. The van der Waals surface area contributed by atoms with Crippen molar-refractivity contribution >= 4 is 12.0 Å². The number of carboxylic acids is 1. The van der Waals surface area contributed by atoms with Crippen LogP contribution in [0.4, 0.5) is 4.79 Å². The highest BCUT2D eigenvalue weighted by Crippen LogP contribution is 2.26. The zero-order chi connectivity index (χ0) is 14.7. The van der Waals surface area contributed by atoms with Gasteiger partial charge in [0.25, 0.3) is 0 Å². The third kappa shape index (κ3) is 3.23. The third-order valence-corrected chi connectivity index (χ3v) is 4.36. The summed E-state index contributed by atoms with van der Waals surface area (Å²) >= 11 is 0. The lowest BCUT2D eigenvalue weighted by atomic mass is 10.2. The van der Waals surface area contributed by atoms with E-state index in [-0.39, 0.29) is 18.2 Å². The van der Waals surface area contributed by atoms with Crippen molar-refractivity contribution in [2.24, 2.45) is 0 Å². The standard InChI is InChI=1S/C14H24N2O4/c1-3-10-5-4-9(2)16(10)14(19)15-8-11-6-7-12(20-11)13(17)18/h9-12H,3-8H2,1-2H3,(H,15,19)(H,17,18). The van der Waals surface area contributed by atoms with E-state index in [1.54, 1.807) is 0 Å². The van der Waals surface area contributed by atoms with Gasteiger partial charge in [-0.3, -0.25) is 0 Å². The van der Waals surface area contributed by atoms with Crippen molar-refractivity contribution in [1.29, 1.82) is 0 Å². The van der Waals surface area contributed by atoms with Gasteiger partial charge in [0.05, 0.1) is 6.10 Å². The van der Waals surface area contributed by atoms with Crippen LogP contribution in [0.25, 0.3) is 0 Å². The minimum absolute atomic E-state index is 0.0516. The topological polar surface area (TPSA) is 78.9 Å². The second-order valence-corrected chi connectivity index (χ2v) is 5.74. The maximum Gasteiger partial charge on any atom is 0.332 e. The van der Waals surface area contributed by atoms with E-state index >= 15 is 0 Å². The van der Waals surface area contributed by atoms with E-state index in [9.17, 15) is 9.59 Å². The van der Waals surface area contributed by atoms with E-state index < -0.39 is 12.1 Å². The van der Waals surface area contributed by atoms with Crippen LogP contribution in [-0.4, -0.2) is 52.8 Å². The largest absolute Gasteiger partial charge is 0.479 e. The van der Waals surface area contributed by atoms with Gasteiger partial charge in [-0.15, -0.1) is 0 Å². The van der Waals surface area contributed by atoms with Crippen LogP contribution in [0, 0.1) is 0 Å². The molecule has 0 aliphatic carbocycles. The molecule has 6 heteroatoms. The molecule has 0 aromatic rings. The summed E-state index contributed by atoms with van der Waals surface area (Å²) in [5.74, 6) is -0.918. The molecule has 0 bridgehead atoms. The first-order valence-corrected chi connectivity index (χ1v) is 7.47. The highest BCUT2D eigenvalue weighted by atomic mass is 16.5. The van der Waals surface area contributed by atoms with E-state index in [0.29, 0.717) is 25.4 Å². The zero-order valence-corrected chi connectivity index (χ0v) is 12.2. The Morgan fingerprint density at radius 2 is 2.05 bits per heavy atom. The first-order valence-electron chi connectivity index (χ1n) is 7.47. The molecule has 2 N–H and O–H groups in total. The van der Waals surface area contributed by atoms with E-state index in [0.717, 1.165) is 19.3 Å². The number of nitrogens with zero attached hydrogens (tertiary/aromatic N) is 1. The molecule has 2 amide bonds. The minimum atomic E-state index is -0.918. The Kier molecular flexibility index (Phi) is 4.86. The Bertz CT molecular complexity index is 374.